The number of pyridine rings is 2. The minimum Gasteiger partial charge on any atom is -0.482 e. The maximum Gasteiger partial charge on any atom is 0.317 e. The van der Waals surface area contributed by atoms with Crippen molar-refractivity contribution >= 4 is 28.6 Å². The van der Waals surface area contributed by atoms with Gasteiger partial charge in [-0.25, -0.2) is 14.8 Å². The molecule has 3 N–H and O–H groups in total. The van der Waals surface area contributed by atoms with Gasteiger partial charge in [-0.1, -0.05) is 0 Å². The van der Waals surface area contributed by atoms with Crippen molar-refractivity contribution < 1.29 is 14.3 Å². The van der Waals surface area contributed by atoms with Crippen molar-refractivity contribution in [2.24, 2.45) is 11.7 Å². The van der Waals surface area contributed by atoms with Gasteiger partial charge in [0.25, 0.3) is 5.91 Å². The molecule has 4 aliphatic rings. The molecule has 1 aliphatic carbocycles. The highest BCUT2D eigenvalue weighted by molar-refractivity contribution is 5.97. The molecule has 3 saturated heterocycles. The minimum absolute atomic E-state index is 0.00310. The Morgan fingerprint density at radius 1 is 1.11 bits per heavy atom. The zero-order valence-corrected chi connectivity index (χ0v) is 25.6. The number of aromatic nitrogens is 4. The molecular weight excluding hydrogens is 556 g/mol. The van der Waals surface area contributed by atoms with Crippen molar-refractivity contribution in [3.8, 4) is 17.3 Å². The number of rotatable bonds is 7. The summed E-state index contributed by atoms with van der Waals surface area (Å²) in [5.41, 5.74) is 12.1. The lowest BCUT2D eigenvalue weighted by atomic mass is 9.97. The summed E-state index contributed by atoms with van der Waals surface area (Å²) >= 11 is 0. The summed E-state index contributed by atoms with van der Waals surface area (Å²) in [6, 6.07) is 10.1. The summed E-state index contributed by atoms with van der Waals surface area (Å²) in [6.45, 7) is 6.51. The molecule has 11 nitrogen and oxygen atoms in total. The molecule has 44 heavy (non-hydrogen) atoms. The second-order valence-electron chi connectivity index (χ2n) is 13.2. The predicted molar refractivity (Wildman–Crippen MR) is 167 cm³/mol. The molecular formula is C33H40N8O3. The van der Waals surface area contributed by atoms with Crippen LogP contribution in [0.4, 0.5) is 4.79 Å². The highest BCUT2D eigenvalue weighted by atomic mass is 16.5. The van der Waals surface area contributed by atoms with Gasteiger partial charge >= 0.3 is 6.03 Å². The third-order valence-corrected chi connectivity index (χ3v) is 10.3. The number of hydrogen-bond acceptors (Lipinski definition) is 6. The summed E-state index contributed by atoms with van der Waals surface area (Å²) in [6.07, 6.45) is 6.31. The van der Waals surface area contributed by atoms with Crippen LogP contribution < -0.4 is 15.8 Å². The van der Waals surface area contributed by atoms with Gasteiger partial charge in [0.2, 0.25) is 0 Å². The monoisotopic (exact) mass is 596 g/mol. The third kappa shape index (κ3) is 4.35. The molecule has 0 unspecified atom stereocenters. The number of nitrogens with one attached hydrogen (secondary N) is 1. The molecule has 0 radical (unpaired) electrons. The van der Waals surface area contributed by atoms with Gasteiger partial charge in [-0.05, 0) is 82.6 Å². The van der Waals surface area contributed by atoms with Crippen LogP contribution in [-0.4, -0.2) is 79.0 Å². The number of methoxy groups -OCH3 is 1. The Hall–Kier alpha value is -4.12. The van der Waals surface area contributed by atoms with E-state index in [1.165, 1.54) is 12.8 Å². The number of nitrogens with zero attached hydrogens (tertiary/aromatic N) is 6. The number of urea groups is 1. The first-order valence-corrected chi connectivity index (χ1v) is 16.0. The van der Waals surface area contributed by atoms with Gasteiger partial charge in [-0.3, -0.25) is 9.20 Å². The molecule has 4 atom stereocenters. The van der Waals surface area contributed by atoms with E-state index in [0.717, 1.165) is 79.1 Å². The third-order valence-electron chi connectivity index (χ3n) is 10.3. The van der Waals surface area contributed by atoms with Crippen LogP contribution in [0, 0.1) is 12.8 Å². The lowest BCUT2D eigenvalue weighted by Crippen LogP contribution is -2.48. The van der Waals surface area contributed by atoms with Crippen LogP contribution in [0.2, 0.25) is 0 Å². The Morgan fingerprint density at radius 2 is 1.93 bits per heavy atom. The number of amides is 3. The molecule has 7 heterocycles. The number of hydrogen-bond donors (Lipinski definition) is 2. The second-order valence-corrected chi connectivity index (χ2v) is 13.2. The number of carbonyl (C=O) groups excluding carboxylic acids is 2. The van der Waals surface area contributed by atoms with Gasteiger partial charge < -0.3 is 30.2 Å². The normalized spacial score (nSPS) is 23.4. The summed E-state index contributed by atoms with van der Waals surface area (Å²) in [4.78, 5) is 40.4. The summed E-state index contributed by atoms with van der Waals surface area (Å²) in [7, 11) is 1.63. The number of imidazole rings is 1. The van der Waals surface area contributed by atoms with E-state index in [1.807, 2.05) is 46.2 Å². The number of aryl methyl sites for hydroxylation is 1. The van der Waals surface area contributed by atoms with Crippen LogP contribution in [0.25, 0.3) is 28.1 Å². The second kappa shape index (κ2) is 10.2. The van der Waals surface area contributed by atoms with E-state index < -0.39 is 0 Å². The molecule has 3 amide bonds. The number of fused-ring (bicyclic) bond motifs is 4. The van der Waals surface area contributed by atoms with E-state index in [2.05, 4.69) is 22.0 Å². The van der Waals surface area contributed by atoms with E-state index in [0.29, 0.717) is 23.0 Å². The van der Waals surface area contributed by atoms with Crippen molar-refractivity contribution in [3.05, 3.63) is 47.3 Å². The molecule has 8 rings (SSSR count). The van der Waals surface area contributed by atoms with Crippen molar-refractivity contribution in [2.75, 3.05) is 20.2 Å². The number of carbonyl (C=O) groups is 2. The topological polar surface area (TPSA) is 123 Å². The van der Waals surface area contributed by atoms with Crippen molar-refractivity contribution in [3.63, 3.8) is 0 Å². The number of ether oxygens (including phenoxy) is 1. The maximum atomic E-state index is 13.8. The lowest BCUT2D eigenvalue weighted by molar-refractivity contribution is 0.0726. The standard InChI is InChI=1S/C33H40N8O3/c1-18(35-33(43)38-11-4-12-38)25-9-7-21-13-27(39(31(21)36-25)17-20-5-6-20)30-19(2)40-28(37-30)14-22(15-29(40)44-3)32(42)41-23-8-10-26(41)24(34)16-23/h7,9,13-15,18,20,23-24,26H,4-6,8,10-12,16-17,34H2,1-3H3,(H,35,43)/t18-,23+,24-,26-/m1/s1. The highest BCUT2D eigenvalue weighted by Gasteiger charge is 2.47. The van der Waals surface area contributed by atoms with Gasteiger partial charge in [0.1, 0.15) is 17.0 Å². The van der Waals surface area contributed by atoms with Crippen LogP contribution in [0.5, 0.6) is 5.88 Å². The van der Waals surface area contributed by atoms with Gasteiger partial charge in [0.15, 0.2) is 5.88 Å². The summed E-state index contributed by atoms with van der Waals surface area (Å²) < 4.78 is 10.1. The van der Waals surface area contributed by atoms with Gasteiger partial charge in [-0.2, -0.15) is 0 Å². The zero-order valence-electron chi connectivity index (χ0n) is 25.6. The Kier molecular flexibility index (Phi) is 6.37. The van der Waals surface area contributed by atoms with Gasteiger partial charge in [0, 0.05) is 54.8 Å². The molecule has 11 heteroatoms. The van der Waals surface area contributed by atoms with E-state index in [1.54, 1.807) is 7.11 Å². The fraction of sp³-hybridized carbons (Fsp3) is 0.515. The Labute approximate surface area is 256 Å². The van der Waals surface area contributed by atoms with Crippen molar-refractivity contribution in [1.82, 2.24) is 34.1 Å². The molecule has 0 spiro atoms. The Bertz CT molecular complexity index is 1800. The molecule has 230 valence electrons. The SMILES string of the molecule is COc1cc(C(=O)N2[C@H]3CC[C@@H]2[C@H](N)C3)cc2nc(-c3cc4ccc([C@@H](C)NC(=O)N5CCC5)nc4n3CC3CC3)c(C)n12. The molecule has 1 saturated carbocycles. The number of likely N-dealkylation sites (tertiary alicyclic amines) is 1. The summed E-state index contributed by atoms with van der Waals surface area (Å²) in [5, 5.41) is 4.14. The van der Waals surface area contributed by atoms with E-state index >= 15 is 0 Å². The van der Waals surface area contributed by atoms with E-state index in [9.17, 15) is 9.59 Å². The number of nitrogens with two attached hydrogens (primary N) is 1. The Morgan fingerprint density at radius 3 is 2.59 bits per heavy atom. The first-order chi connectivity index (χ1) is 21.3. The zero-order chi connectivity index (χ0) is 30.3. The molecule has 4 aromatic rings. The molecule has 2 bridgehead atoms. The Balaban J connectivity index is 1.18. The van der Waals surface area contributed by atoms with Crippen molar-refractivity contribution in [2.45, 2.75) is 83.1 Å². The fourth-order valence-electron chi connectivity index (χ4n) is 7.49. The summed E-state index contributed by atoms with van der Waals surface area (Å²) in [5.74, 6) is 1.19. The average Bonchev–Trinajstić information content (AvgIpc) is 3.30. The van der Waals surface area contributed by atoms with E-state index in [4.69, 9.17) is 20.4 Å². The van der Waals surface area contributed by atoms with Crippen LogP contribution in [0.3, 0.4) is 0 Å². The average molecular weight is 597 g/mol. The smallest absolute Gasteiger partial charge is 0.317 e. The van der Waals surface area contributed by atoms with E-state index in [-0.39, 0.29) is 36.1 Å². The fourth-order valence-corrected chi connectivity index (χ4v) is 7.49. The first-order valence-electron chi connectivity index (χ1n) is 16.0. The molecule has 3 aliphatic heterocycles. The van der Waals surface area contributed by atoms with Crippen LogP contribution >= 0.6 is 0 Å². The largest absolute Gasteiger partial charge is 0.482 e. The van der Waals surface area contributed by atoms with Crippen molar-refractivity contribution in [1.29, 1.82) is 0 Å². The lowest BCUT2D eigenvalue weighted by Gasteiger charge is -2.32. The van der Waals surface area contributed by atoms with Crippen LogP contribution in [-0.2, 0) is 6.54 Å². The quantitative estimate of drug-likeness (QED) is 0.329. The molecule has 4 fully saturated rings. The highest BCUT2D eigenvalue weighted by Crippen LogP contribution is 2.40. The van der Waals surface area contributed by atoms with Gasteiger partial charge in [-0.15, -0.1) is 0 Å². The van der Waals surface area contributed by atoms with Crippen LogP contribution in [0.15, 0.2) is 30.3 Å². The maximum absolute atomic E-state index is 13.8. The van der Waals surface area contributed by atoms with Crippen LogP contribution in [0.1, 0.15) is 73.2 Å². The van der Waals surface area contributed by atoms with Gasteiger partial charge in [0.05, 0.1) is 30.2 Å². The molecule has 4 aromatic heterocycles. The molecule has 0 aromatic carbocycles. The first kappa shape index (κ1) is 27.4. The predicted octanol–water partition coefficient (Wildman–Crippen LogP) is 4.26. The minimum atomic E-state index is -0.210.